The van der Waals surface area contributed by atoms with E-state index < -0.39 is 12.0 Å². The zero-order valence-electron chi connectivity index (χ0n) is 17.2. The normalized spacial score (nSPS) is 17.3. The molecule has 1 aliphatic carbocycles. The van der Waals surface area contributed by atoms with Crippen LogP contribution in [0.25, 0.3) is 0 Å². The molecule has 0 unspecified atom stereocenters. The number of rotatable bonds is 5. The van der Waals surface area contributed by atoms with Crippen molar-refractivity contribution in [2.45, 2.75) is 53.1 Å². The van der Waals surface area contributed by atoms with Crippen LogP contribution in [0.5, 0.6) is 5.75 Å². The molecule has 156 valence electrons. The van der Waals surface area contributed by atoms with Crippen molar-refractivity contribution in [2.24, 2.45) is 17.1 Å². The first-order valence-corrected chi connectivity index (χ1v) is 10.9. The standard InChI is InChI=1S/C22H27ClN2O3S/c1-12(28-15-7-5-6-14(23)11-15)20(27)25-21-18(19(24)26)16-9-8-13(22(2,3)4)10-17(16)29-21/h5-7,11-13H,8-10H2,1-4H3,(H2,24,26)(H,25,27)/t12-,13+/m0/s1. The van der Waals surface area contributed by atoms with Gasteiger partial charge in [-0.1, -0.05) is 38.4 Å². The predicted octanol–water partition coefficient (Wildman–Crippen LogP) is 5.06. The van der Waals surface area contributed by atoms with E-state index in [0.29, 0.717) is 27.3 Å². The van der Waals surface area contributed by atoms with Crippen LogP contribution in [0.2, 0.25) is 5.02 Å². The van der Waals surface area contributed by atoms with E-state index in [1.807, 2.05) is 0 Å². The summed E-state index contributed by atoms with van der Waals surface area (Å²) in [5.41, 5.74) is 7.29. The van der Waals surface area contributed by atoms with E-state index in [9.17, 15) is 9.59 Å². The maximum atomic E-state index is 12.7. The number of carbonyl (C=O) groups excluding carboxylic acids is 2. The monoisotopic (exact) mass is 434 g/mol. The first-order chi connectivity index (χ1) is 13.6. The number of nitrogens with two attached hydrogens (primary N) is 1. The third-order valence-corrected chi connectivity index (χ3v) is 6.86. The Morgan fingerprint density at radius 1 is 1.34 bits per heavy atom. The Balaban J connectivity index is 1.79. The van der Waals surface area contributed by atoms with Gasteiger partial charge in [0.2, 0.25) is 0 Å². The lowest BCUT2D eigenvalue weighted by Crippen LogP contribution is -2.30. The van der Waals surface area contributed by atoms with E-state index in [1.165, 1.54) is 11.3 Å². The molecule has 1 aliphatic rings. The maximum Gasteiger partial charge on any atom is 0.265 e. The van der Waals surface area contributed by atoms with Gasteiger partial charge in [0, 0.05) is 9.90 Å². The van der Waals surface area contributed by atoms with Gasteiger partial charge >= 0.3 is 0 Å². The average molecular weight is 435 g/mol. The molecule has 0 radical (unpaired) electrons. The second-order valence-corrected chi connectivity index (χ2v) is 10.1. The number of halogens is 1. The summed E-state index contributed by atoms with van der Waals surface area (Å²) in [5, 5.41) is 3.91. The van der Waals surface area contributed by atoms with Crippen molar-refractivity contribution in [2.75, 3.05) is 5.32 Å². The zero-order valence-corrected chi connectivity index (χ0v) is 18.7. The van der Waals surface area contributed by atoms with Crippen LogP contribution in [0.4, 0.5) is 5.00 Å². The highest BCUT2D eigenvalue weighted by atomic mass is 35.5. The Hall–Kier alpha value is -2.05. The van der Waals surface area contributed by atoms with Gasteiger partial charge in [-0.2, -0.15) is 0 Å². The van der Waals surface area contributed by atoms with Gasteiger partial charge in [0.15, 0.2) is 6.10 Å². The van der Waals surface area contributed by atoms with Crippen molar-refractivity contribution in [3.8, 4) is 5.75 Å². The van der Waals surface area contributed by atoms with E-state index in [1.54, 1.807) is 31.2 Å². The molecule has 3 N–H and O–H groups in total. The van der Waals surface area contributed by atoms with Crippen LogP contribution < -0.4 is 15.8 Å². The summed E-state index contributed by atoms with van der Waals surface area (Å²) >= 11 is 7.42. The molecule has 29 heavy (non-hydrogen) atoms. The van der Waals surface area contributed by atoms with Crippen LogP contribution in [-0.2, 0) is 17.6 Å². The molecule has 2 amide bonds. The van der Waals surface area contributed by atoms with Gasteiger partial charge in [-0.15, -0.1) is 11.3 Å². The van der Waals surface area contributed by atoms with E-state index in [-0.39, 0.29) is 11.3 Å². The van der Waals surface area contributed by atoms with Crippen molar-refractivity contribution in [1.29, 1.82) is 0 Å². The molecule has 7 heteroatoms. The van der Waals surface area contributed by atoms with Crippen LogP contribution in [0.15, 0.2) is 24.3 Å². The number of nitrogens with one attached hydrogen (secondary N) is 1. The van der Waals surface area contributed by atoms with E-state index >= 15 is 0 Å². The fourth-order valence-corrected chi connectivity index (χ4v) is 5.20. The Kier molecular flexibility index (Phi) is 6.24. The van der Waals surface area contributed by atoms with Crippen LogP contribution >= 0.6 is 22.9 Å². The largest absolute Gasteiger partial charge is 0.481 e. The number of carbonyl (C=O) groups is 2. The topological polar surface area (TPSA) is 81.4 Å². The average Bonchev–Trinajstić information content (AvgIpc) is 2.98. The highest BCUT2D eigenvalue weighted by molar-refractivity contribution is 7.17. The van der Waals surface area contributed by atoms with E-state index in [2.05, 4.69) is 26.1 Å². The molecule has 5 nitrogen and oxygen atoms in total. The van der Waals surface area contributed by atoms with Gasteiger partial charge in [0.05, 0.1) is 5.56 Å². The smallest absolute Gasteiger partial charge is 0.265 e. The summed E-state index contributed by atoms with van der Waals surface area (Å²) in [6.07, 6.45) is 1.95. The number of thiophene rings is 1. The Bertz CT molecular complexity index is 933. The third kappa shape index (κ3) is 4.93. The number of amides is 2. The number of primary amides is 1. The minimum absolute atomic E-state index is 0.192. The zero-order chi connectivity index (χ0) is 21.3. The molecule has 3 rings (SSSR count). The van der Waals surface area contributed by atoms with E-state index in [4.69, 9.17) is 22.1 Å². The van der Waals surface area contributed by atoms with Gasteiger partial charge < -0.3 is 15.8 Å². The second kappa shape index (κ2) is 8.36. The number of fused-ring (bicyclic) bond motifs is 1. The van der Waals surface area contributed by atoms with Crippen LogP contribution in [0, 0.1) is 11.3 Å². The second-order valence-electron chi connectivity index (χ2n) is 8.58. The Labute approximate surface area is 180 Å². The van der Waals surface area contributed by atoms with Crippen molar-refractivity contribution in [3.05, 3.63) is 45.3 Å². The molecule has 0 saturated carbocycles. The van der Waals surface area contributed by atoms with Crippen LogP contribution in [-0.4, -0.2) is 17.9 Å². The highest BCUT2D eigenvalue weighted by Gasteiger charge is 2.33. The summed E-state index contributed by atoms with van der Waals surface area (Å²) in [6, 6.07) is 6.88. The summed E-state index contributed by atoms with van der Waals surface area (Å²) in [5.74, 6) is 0.200. The predicted molar refractivity (Wildman–Crippen MR) is 118 cm³/mol. The van der Waals surface area contributed by atoms with Crippen molar-refractivity contribution < 1.29 is 14.3 Å². The van der Waals surface area contributed by atoms with Crippen molar-refractivity contribution >= 4 is 39.8 Å². The van der Waals surface area contributed by atoms with Crippen molar-refractivity contribution in [3.63, 3.8) is 0 Å². The fraction of sp³-hybridized carbons (Fsp3) is 0.455. The van der Waals surface area contributed by atoms with Crippen molar-refractivity contribution in [1.82, 2.24) is 0 Å². The number of benzene rings is 1. The van der Waals surface area contributed by atoms with Crippen LogP contribution in [0.1, 0.15) is 54.9 Å². The molecule has 1 aromatic heterocycles. The highest BCUT2D eigenvalue weighted by Crippen LogP contribution is 2.44. The van der Waals surface area contributed by atoms with Crippen LogP contribution in [0.3, 0.4) is 0 Å². The molecule has 0 saturated heterocycles. The fourth-order valence-electron chi connectivity index (χ4n) is 3.69. The quantitative estimate of drug-likeness (QED) is 0.690. The summed E-state index contributed by atoms with van der Waals surface area (Å²) in [7, 11) is 0. The van der Waals surface area contributed by atoms with Gasteiger partial charge in [-0.05, 0) is 61.3 Å². The van der Waals surface area contributed by atoms with Gasteiger partial charge in [-0.3, -0.25) is 9.59 Å². The number of anilines is 1. The van der Waals surface area contributed by atoms with Gasteiger partial charge in [-0.25, -0.2) is 0 Å². The molecule has 2 atom stereocenters. The third-order valence-electron chi connectivity index (χ3n) is 5.45. The maximum absolute atomic E-state index is 12.7. The molecule has 0 bridgehead atoms. The summed E-state index contributed by atoms with van der Waals surface area (Å²) < 4.78 is 5.69. The minimum atomic E-state index is -0.754. The van der Waals surface area contributed by atoms with Gasteiger partial charge in [0.1, 0.15) is 10.8 Å². The Morgan fingerprint density at radius 2 is 2.07 bits per heavy atom. The molecular formula is C22H27ClN2O3S. The first-order valence-electron chi connectivity index (χ1n) is 9.73. The Morgan fingerprint density at radius 3 is 2.69 bits per heavy atom. The molecule has 1 aromatic carbocycles. The summed E-state index contributed by atoms with van der Waals surface area (Å²) in [6.45, 7) is 8.37. The lowest BCUT2D eigenvalue weighted by Gasteiger charge is -2.33. The summed E-state index contributed by atoms with van der Waals surface area (Å²) in [4.78, 5) is 26.0. The minimum Gasteiger partial charge on any atom is -0.481 e. The van der Waals surface area contributed by atoms with Gasteiger partial charge in [0.25, 0.3) is 11.8 Å². The number of ether oxygens (including phenoxy) is 1. The molecule has 0 spiro atoms. The number of hydrogen-bond donors (Lipinski definition) is 2. The molecule has 2 aromatic rings. The molecule has 0 fully saturated rings. The lowest BCUT2D eigenvalue weighted by molar-refractivity contribution is -0.122. The molecular weight excluding hydrogens is 408 g/mol. The SMILES string of the molecule is C[C@H](Oc1cccc(Cl)c1)C(=O)Nc1sc2c(c1C(N)=O)CC[C@@H](C(C)(C)C)C2. The number of hydrogen-bond acceptors (Lipinski definition) is 4. The molecule has 0 aliphatic heterocycles. The lowest BCUT2D eigenvalue weighted by atomic mass is 9.72. The van der Waals surface area contributed by atoms with E-state index in [0.717, 1.165) is 29.7 Å². The first kappa shape index (κ1) is 21.7. The molecule has 1 heterocycles.